The monoisotopic (exact) mass is 337 g/mol. The van der Waals surface area contributed by atoms with Crippen molar-refractivity contribution >= 4 is 29.4 Å². The topological polar surface area (TPSA) is 181 Å². The van der Waals surface area contributed by atoms with E-state index in [0.717, 1.165) is 31.7 Å². The third-order valence-electron chi connectivity index (χ3n) is 3.56. The second-order valence-electron chi connectivity index (χ2n) is 5.30. The molecule has 3 rings (SSSR count). The van der Waals surface area contributed by atoms with Crippen LogP contribution in [-0.2, 0) is 0 Å². The van der Waals surface area contributed by atoms with Crippen LogP contribution >= 0.6 is 0 Å². The van der Waals surface area contributed by atoms with Gasteiger partial charge in [-0.25, -0.2) is 0 Å². The zero-order valence-corrected chi connectivity index (χ0v) is 13.2. The molecule has 1 saturated heterocycles. The minimum absolute atomic E-state index is 0.0185. The molecule has 11 heteroatoms. The molecule has 2 aromatic rings. The second kappa shape index (κ2) is 7.35. The molecule has 10 N–H and O–H groups in total. The quantitative estimate of drug-likeness (QED) is 0.267. The lowest BCUT2D eigenvalue weighted by molar-refractivity contribution is -0.883. The van der Waals surface area contributed by atoms with Crippen molar-refractivity contribution in [3.05, 3.63) is 18.3 Å². The van der Waals surface area contributed by atoms with Crippen molar-refractivity contribution in [3.63, 3.8) is 0 Å². The first-order valence-corrected chi connectivity index (χ1v) is 7.43. The largest absolute Gasteiger partial charge is 0.383 e. The zero-order chi connectivity index (χ0) is 17.7. The van der Waals surface area contributed by atoms with Crippen molar-refractivity contribution in [2.24, 2.45) is 0 Å². The van der Waals surface area contributed by atoms with E-state index in [9.17, 15) is 5.21 Å². The van der Waals surface area contributed by atoms with Gasteiger partial charge in [0.2, 0.25) is 11.6 Å². The van der Waals surface area contributed by atoms with Gasteiger partial charge in [0.25, 0.3) is 0 Å². The maximum atomic E-state index is 9.31. The minimum atomic E-state index is -0.0185. The molecule has 24 heavy (non-hydrogen) atoms. The highest BCUT2D eigenvalue weighted by atomic mass is 16.5. The number of nitrogens with zero attached hydrogens (tertiary/aromatic N) is 5. The summed E-state index contributed by atoms with van der Waals surface area (Å²) in [4.78, 5) is 9.78. The third kappa shape index (κ3) is 3.94. The van der Waals surface area contributed by atoms with Gasteiger partial charge < -0.3 is 38.2 Å². The number of nitrogens with two attached hydrogens (primary N) is 4. The summed E-state index contributed by atoms with van der Waals surface area (Å²) in [7, 11) is 0. The molecule has 2 aromatic heterocycles. The maximum absolute atomic E-state index is 9.31. The SMILES string of the molecule is Nc1cc(N2CCCCC2)nc(N)[n+]1O.Nc1ccnc(N)[n+]1O. The molecule has 0 saturated carbocycles. The average molecular weight is 337 g/mol. The van der Waals surface area contributed by atoms with Gasteiger partial charge in [0.05, 0.1) is 12.3 Å². The van der Waals surface area contributed by atoms with Gasteiger partial charge in [-0.1, -0.05) is 4.98 Å². The fourth-order valence-electron chi connectivity index (χ4n) is 2.26. The Morgan fingerprint density at radius 2 is 1.54 bits per heavy atom. The minimum Gasteiger partial charge on any atom is -0.382 e. The van der Waals surface area contributed by atoms with Crippen molar-refractivity contribution < 1.29 is 19.9 Å². The van der Waals surface area contributed by atoms with Crippen LogP contribution in [0, 0.1) is 0 Å². The lowest BCUT2D eigenvalue weighted by atomic mass is 10.1. The maximum Gasteiger partial charge on any atom is 0.383 e. The van der Waals surface area contributed by atoms with Crippen molar-refractivity contribution in [3.8, 4) is 0 Å². The lowest BCUT2D eigenvalue weighted by Gasteiger charge is -2.26. The molecular formula is C13H23N9O2+2. The van der Waals surface area contributed by atoms with Crippen LogP contribution in [0.1, 0.15) is 19.3 Å². The second-order valence-corrected chi connectivity index (χ2v) is 5.30. The van der Waals surface area contributed by atoms with Crippen LogP contribution in [0.4, 0.5) is 29.4 Å². The van der Waals surface area contributed by atoms with E-state index < -0.39 is 0 Å². The third-order valence-corrected chi connectivity index (χ3v) is 3.56. The Kier molecular flexibility index (Phi) is 5.24. The molecular weight excluding hydrogens is 314 g/mol. The van der Waals surface area contributed by atoms with Gasteiger partial charge in [0, 0.05) is 19.2 Å². The van der Waals surface area contributed by atoms with E-state index in [1.165, 1.54) is 18.7 Å². The average Bonchev–Trinajstić information content (AvgIpc) is 2.58. The first-order chi connectivity index (χ1) is 11.4. The van der Waals surface area contributed by atoms with E-state index in [2.05, 4.69) is 14.9 Å². The van der Waals surface area contributed by atoms with Crippen LogP contribution in [0.3, 0.4) is 0 Å². The molecule has 1 aliphatic rings. The van der Waals surface area contributed by atoms with Gasteiger partial charge in [-0.05, 0) is 28.7 Å². The number of nitrogen functional groups attached to an aromatic ring is 4. The Morgan fingerprint density at radius 3 is 2.08 bits per heavy atom. The molecule has 1 fully saturated rings. The molecule has 0 bridgehead atoms. The number of piperidine rings is 1. The normalized spacial score (nSPS) is 13.9. The van der Waals surface area contributed by atoms with Crippen molar-refractivity contribution in [2.45, 2.75) is 19.3 Å². The molecule has 0 amide bonds. The van der Waals surface area contributed by atoms with Crippen LogP contribution in [-0.4, -0.2) is 33.5 Å². The molecule has 0 aliphatic carbocycles. The molecule has 0 atom stereocenters. The van der Waals surface area contributed by atoms with Crippen LogP contribution in [0.25, 0.3) is 0 Å². The highest BCUT2D eigenvalue weighted by molar-refractivity contribution is 5.46. The molecule has 1 aliphatic heterocycles. The van der Waals surface area contributed by atoms with Gasteiger partial charge in [-0.3, -0.25) is 0 Å². The summed E-state index contributed by atoms with van der Waals surface area (Å²) in [5.74, 6) is 1.13. The van der Waals surface area contributed by atoms with E-state index in [4.69, 9.17) is 28.1 Å². The Balaban J connectivity index is 0.000000198. The van der Waals surface area contributed by atoms with Gasteiger partial charge >= 0.3 is 11.9 Å². The predicted octanol–water partition coefficient (Wildman–Crippen LogP) is -1.47. The summed E-state index contributed by atoms with van der Waals surface area (Å²) >= 11 is 0. The molecule has 0 aromatic carbocycles. The fraction of sp³-hybridized carbons (Fsp3) is 0.385. The Morgan fingerprint density at radius 1 is 0.917 bits per heavy atom. The highest BCUT2D eigenvalue weighted by Gasteiger charge is 2.18. The van der Waals surface area contributed by atoms with Crippen LogP contribution in [0.5, 0.6) is 0 Å². The summed E-state index contributed by atoms with van der Waals surface area (Å²) in [5.41, 5.74) is 21.5. The predicted molar refractivity (Wildman–Crippen MR) is 86.9 cm³/mol. The summed E-state index contributed by atoms with van der Waals surface area (Å²) in [6.45, 7) is 1.95. The van der Waals surface area contributed by atoms with Gasteiger partial charge in [-0.2, -0.15) is 0 Å². The van der Waals surface area contributed by atoms with E-state index >= 15 is 0 Å². The molecule has 0 unspecified atom stereocenters. The van der Waals surface area contributed by atoms with E-state index in [1.54, 1.807) is 6.07 Å². The number of aromatic nitrogens is 4. The Bertz CT molecular complexity index is 661. The number of hydrogen-bond acceptors (Lipinski definition) is 9. The number of anilines is 5. The van der Waals surface area contributed by atoms with Crippen LogP contribution in [0.2, 0.25) is 0 Å². The Labute approximate surface area is 138 Å². The van der Waals surface area contributed by atoms with E-state index in [-0.39, 0.29) is 23.5 Å². The number of rotatable bonds is 1. The zero-order valence-electron chi connectivity index (χ0n) is 13.2. The van der Waals surface area contributed by atoms with Crippen LogP contribution in [0.15, 0.2) is 18.3 Å². The first kappa shape index (κ1) is 17.1. The van der Waals surface area contributed by atoms with Crippen LogP contribution < -0.4 is 37.3 Å². The lowest BCUT2D eigenvalue weighted by Crippen LogP contribution is -2.40. The first-order valence-electron chi connectivity index (χ1n) is 7.43. The molecule has 3 heterocycles. The van der Waals surface area contributed by atoms with Gasteiger partial charge in [0.15, 0.2) is 5.82 Å². The van der Waals surface area contributed by atoms with Gasteiger partial charge in [0.1, 0.15) is 0 Å². The highest BCUT2D eigenvalue weighted by Crippen LogP contribution is 2.18. The molecule has 0 radical (unpaired) electrons. The molecule has 11 nitrogen and oxygen atoms in total. The van der Waals surface area contributed by atoms with Gasteiger partial charge in [-0.15, -0.1) is 4.98 Å². The summed E-state index contributed by atoms with van der Waals surface area (Å²) < 4.78 is 1.30. The smallest absolute Gasteiger partial charge is 0.382 e. The summed E-state index contributed by atoms with van der Waals surface area (Å²) in [6, 6.07) is 3.08. The van der Waals surface area contributed by atoms with E-state index in [1.807, 2.05) is 0 Å². The molecule has 130 valence electrons. The summed E-state index contributed by atoms with van der Waals surface area (Å²) in [6.07, 6.45) is 5.00. The van der Waals surface area contributed by atoms with Crippen molar-refractivity contribution in [1.82, 2.24) is 9.97 Å². The standard InChI is InChI=1S/C9H15N5O.C4H6N4O/c10-7-6-8(12-9(11)14(7)15)13-4-2-1-3-5-13;5-3-1-2-7-4(6)8(3)9/h6,15H,1-5H2,(H3,10,11,12);1-2,9H,(H3,5,6,7)/p+2. The van der Waals surface area contributed by atoms with Crippen molar-refractivity contribution in [1.29, 1.82) is 0 Å². The van der Waals surface area contributed by atoms with E-state index in [0.29, 0.717) is 9.46 Å². The summed E-state index contributed by atoms with van der Waals surface area (Å²) in [5, 5.41) is 18.1. The fourth-order valence-corrected chi connectivity index (χ4v) is 2.26. The van der Waals surface area contributed by atoms with Crippen molar-refractivity contribution in [2.75, 3.05) is 40.9 Å². The Hall–Kier alpha value is -3.24. The number of hydrogen-bond donors (Lipinski definition) is 6. The molecule has 0 spiro atoms.